The molecular formula is C7H8N4OS. The molecule has 1 aliphatic rings. The molecule has 2 rings (SSSR count). The molecule has 6 heteroatoms. The topological polar surface area (TPSA) is 51.8 Å². The summed E-state index contributed by atoms with van der Waals surface area (Å²) in [4.78, 5) is 0. The van der Waals surface area contributed by atoms with Crippen LogP contribution in [0.4, 0.5) is 0 Å². The zero-order chi connectivity index (χ0) is 9.26. The summed E-state index contributed by atoms with van der Waals surface area (Å²) >= 11 is 4.71. The lowest BCUT2D eigenvalue weighted by atomic mass is 10.5. The van der Waals surface area contributed by atoms with Crippen LogP contribution in [0.25, 0.3) is 0 Å². The van der Waals surface area contributed by atoms with Gasteiger partial charge in [-0.25, -0.2) is 0 Å². The average molecular weight is 196 g/mol. The minimum absolute atomic E-state index is 0.203. The Hall–Kier alpha value is -1.30. The Bertz CT molecular complexity index is 359. The van der Waals surface area contributed by atoms with Crippen molar-refractivity contribution in [2.45, 2.75) is 19.7 Å². The first-order valence-corrected chi connectivity index (χ1v) is 4.26. The van der Waals surface area contributed by atoms with Gasteiger partial charge in [0.1, 0.15) is 6.54 Å². The maximum atomic E-state index is 5.11. The molecule has 2 heterocycles. The van der Waals surface area contributed by atoms with Crippen molar-refractivity contribution in [2.24, 2.45) is 10.2 Å². The molecule has 0 saturated heterocycles. The van der Waals surface area contributed by atoms with Crippen LogP contribution in [-0.4, -0.2) is 21.2 Å². The first-order valence-electron chi connectivity index (χ1n) is 3.85. The predicted molar refractivity (Wildman–Crippen MR) is 49.3 cm³/mol. The van der Waals surface area contributed by atoms with Crippen molar-refractivity contribution in [1.82, 2.24) is 9.78 Å². The lowest BCUT2D eigenvalue weighted by molar-refractivity contribution is 0.192. The minimum atomic E-state index is -0.313. The van der Waals surface area contributed by atoms with Crippen molar-refractivity contribution in [3.05, 3.63) is 18.0 Å². The number of ether oxygens (including phenoxy) is 1. The van der Waals surface area contributed by atoms with Crippen molar-refractivity contribution in [3.8, 4) is 0 Å². The molecule has 1 atom stereocenters. The van der Waals surface area contributed by atoms with E-state index in [0.717, 1.165) is 5.69 Å². The highest BCUT2D eigenvalue weighted by Gasteiger charge is 2.17. The number of hydrogen-bond acceptors (Lipinski definition) is 4. The second-order valence-electron chi connectivity index (χ2n) is 2.73. The van der Waals surface area contributed by atoms with Crippen LogP contribution in [0, 0.1) is 6.92 Å². The van der Waals surface area contributed by atoms with Crippen LogP contribution in [0.15, 0.2) is 22.5 Å². The van der Waals surface area contributed by atoms with Gasteiger partial charge in [-0.3, -0.25) is 4.68 Å². The Balaban J connectivity index is 1.99. The van der Waals surface area contributed by atoms with Crippen LogP contribution in [0.3, 0.4) is 0 Å². The number of rotatable bonds is 2. The largest absolute Gasteiger partial charge is 0.439 e. The molecule has 0 fully saturated rings. The maximum absolute atomic E-state index is 5.11. The Kier molecular flexibility index (Phi) is 2.05. The molecule has 1 aliphatic heterocycles. The molecule has 1 aromatic rings. The second kappa shape index (κ2) is 3.21. The normalized spacial score (nSPS) is 20.7. The third-order valence-corrected chi connectivity index (χ3v) is 1.80. The molecule has 0 aromatic carbocycles. The van der Waals surface area contributed by atoms with Crippen LogP contribution in [0.2, 0.25) is 0 Å². The van der Waals surface area contributed by atoms with Crippen molar-refractivity contribution in [2.75, 3.05) is 0 Å². The van der Waals surface area contributed by atoms with Gasteiger partial charge in [-0.05, 0) is 25.2 Å². The molecule has 0 bridgehead atoms. The monoisotopic (exact) mass is 196 g/mol. The van der Waals surface area contributed by atoms with Crippen LogP contribution in [-0.2, 0) is 11.3 Å². The van der Waals surface area contributed by atoms with E-state index < -0.39 is 0 Å². The van der Waals surface area contributed by atoms with Gasteiger partial charge in [0.05, 0.1) is 5.69 Å². The van der Waals surface area contributed by atoms with Crippen molar-refractivity contribution >= 4 is 17.4 Å². The second-order valence-corrected chi connectivity index (χ2v) is 3.08. The summed E-state index contributed by atoms with van der Waals surface area (Å²) in [6.45, 7) is 2.48. The van der Waals surface area contributed by atoms with E-state index >= 15 is 0 Å². The molecule has 5 nitrogen and oxygen atoms in total. The highest BCUT2D eigenvalue weighted by Crippen LogP contribution is 2.09. The molecule has 0 saturated carbocycles. The van der Waals surface area contributed by atoms with Crippen molar-refractivity contribution < 1.29 is 4.74 Å². The summed E-state index contributed by atoms with van der Waals surface area (Å²) in [5.41, 5.74) is 0.970. The molecule has 0 radical (unpaired) electrons. The number of aryl methyl sites for hydroxylation is 1. The summed E-state index contributed by atoms with van der Waals surface area (Å²) in [7, 11) is 0. The molecule has 1 unspecified atom stereocenters. The quantitative estimate of drug-likeness (QED) is 0.669. The highest BCUT2D eigenvalue weighted by atomic mass is 32.1. The molecule has 0 aliphatic carbocycles. The summed E-state index contributed by atoms with van der Waals surface area (Å²) in [5.74, 6) is 0. The van der Waals surface area contributed by atoms with E-state index in [1.807, 2.05) is 19.2 Å². The van der Waals surface area contributed by atoms with E-state index in [1.54, 1.807) is 4.68 Å². The average Bonchev–Trinajstić information content (AvgIpc) is 2.62. The molecule has 0 N–H and O–H groups in total. The van der Waals surface area contributed by atoms with Crippen LogP contribution >= 0.6 is 12.2 Å². The van der Waals surface area contributed by atoms with Crippen LogP contribution in [0.1, 0.15) is 5.69 Å². The molecular weight excluding hydrogens is 188 g/mol. The first-order chi connectivity index (χ1) is 6.24. The number of aromatic nitrogens is 2. The highest BCUT2D eigenvalue weighted by molar-refractivity contribution is 7.80. The zero-order valence-electron chi connectivity index (χ0n) is 7.04. The van der Waals surface area contributed by atoms with Gasteiger partial charge < -0.3 is 4.74 Å². The molecule has 0 amide bonds. The van der Waals surface area contributed by atoms with Crippen molar-refractivity contribution in [3.63, 3.8) is 0 Å². The lowest BCUT2D eigenvalue weighted by Crippen LogP contribution is -2.15. The van der Waals surface area contributed by atoms with Gasteiger partial charge in [0.15, 0.2) is 0 Å². The van der Waals surface area contributed by atoms with E-state index in [1.165, 1.54) is 0 Å². The third kappa shape index (κ3) is 1.89. The van der Waals surface area contributed by atoms with Gasteiger partial charge in [0.2, 0.25) is 6.23 Å². The SMILES string of the molecule is Cc1ccn(CC2N=NC(=S)O2)n1. The van der Waals surface area contributed by atoms with Gasteiger partial charge >= 0.3 is 5.17 Å². The summed E-state index contributed by atoms with van der Waals surface area (Å²) in [6.07, 6.45) is 1.56. The standard InChI is InChI=1S/C7H8N4OS/c1-5-2-3-11(10-5)4-6-8-9-7(13)12-6/h2-3,6H,4H2,1H3. The Labute approximate surface area is 80.4 Å². The van der Waals surface area contributed by atoms with E-state index in [0.29, 0.717) is 6.54 Å². The van der Waals surface area contributed by atoms with Gasteiger partial charge in [0.25, 0.3) is 0 Å². The number of nitrogens with zero attached hydrogens (tertiary/aromatic N) is 4. The van der Waals surface area contributed by atoms with Gasteiger partial charge in [-0.15, -0.1) is 10.2 Å². The smallest absolute Gasteiger partial charge is 0.304 e. The fourth-order valence-electron chi connectivity index (χ4n) is 1.07. The van der Waals surface area contributed by atoms with E-state index in [-0.39, 0.29) is 11.4 Å². The lowest BCUT2D eigenvalue weighted by Gasteiger charge is -2.05. The zero-order valence-corrected chi connectivity index (χ0v) is 7.86. The molecule has 0 spiro atoms. The number of thiocarbonyl (C=S) groups is 1. The van der Waals surface area contributed by atoms with E-state index in [9.17, 15) is 0 Å². The number of hydrogen-bond donors (Lipinski definition) is 0. The van der Waals surface area contributed by atoms with Gasteiger partial charge in [-0.2, -0.15) is 5.10 Å². The third-order valence-electron chi connectivity index (χ3n) is 1.62. The van der Waals surface area contributed by atoms with E-state index in [2.05, 4.69) is 15.3 Å². The van der Waals surface area contributed by atoms with Gasteiger partial charge in [-0.1, -0.05) is 0 Å². The van der Waals surface area contributed by atoms with E-state index in [4.69, 9.17) is 17.0 Å². The first kappa shape index (κ1) is 8.31. The Morgan fingerprint density at radius 2 is 2.54 bits per heavy atom. The molecule has 13 heavy (non-hydrogen) atoms. The van der Waals surface area contributed by atoms with Crippen LogP contribution in [0.5, 0.6) is 0 Å². The summed E-state index contributed by atoms with van der Waals surface area (Å²) in [6, 6.07) is 1.92. The minimum Gasteiger partial charge on any atom is -0.439 e. The maximum Gasteiger partial charge on any atom is 0.304 e. The summed E-state index contributed by atoms with van der Waals surface area (Å²) in [5, 5.41) is 11.8. The number of azo groups is 1. The Morgan fingerprint density at radius 1 is 1.69 bits per heavy atom. The predicted octanol–water partition coefficient (Wildman–Crippen LogP) is 1.28. The Morgan fingerprint density at radius 3 is 3.08 bits per heavy atom. The van der Waals surface area contributed by atoms with Gasteiger partial charge in [0, 0.05) is 6.20 Å². The molecule has 68 valence electrons. The van der Waals surface area contributed by atoms with Crippen molar-refractivity contribution in [1.29, 1.82) is 0 Å². The van der Waals surface area contributed by atoms with Crippen LogP contribution < -0.4 is 0 Å². The molecule has 1 aromatic heterocycles. The fourth-order valence-corrected chi connectivity index (χ4v) is 1.23. The fraction of sp³-hybridized carbons (Fsp3) is 0.429. The summed E-state index contributed by atoms with van der Waals surface area (Å²) < 4.78 is 6.87.